The van der Waals surface area contributed by atoms with Crippen molar-refractivity contribution in [1.29, 1.82) is 5.26 Å². The monoisotopic (exact) mass is 232 g/mol. The third-order valence-corrected chi connectivity index (χ3v) is 2.20. The van der Waals surface area contributed by atoms with Crippen LogP contribution in [-0.4, -0.2) is 18.8 Å². The Morgan fingerprint density at radius 3 is 2.41 bits per heavy atom. The lowest BCUT2D eigenvalue weighted by Crippen LogP contribution is -2.23. The number of anilines is 1. The Hall–Kier alpha value is -1.53. The average molecular weight is 232 g/mol. The lowest BCUT2D eigenvalue weighted by atomic mass is 10.1. The molecule has 0 bridgehead atoms. The average Bonchev–Trinajstić information content (AvgIpc) is 2.26. The van der Waals surface area contributed by atoms with Crippen molar-refractivity contribution in [2.24, 2.45) is 0 Å². The number of hydrogen-bond acceptors (Lipinski definition) is 3. The summed E-state index contributed by atoms with van der Waals surface area (Å²) in [6.45, 7) is 7.61. The van der Waals surface area contributed by atoms with Crippen LogP contribution >= 0.6 is 0 Å². The van der Waals surface area contributed by atoms with E-state index in [2.05, 4.69) is 11.4 Å². The highest BCUT2D eigenvalue weighted by atomic mass is 16.5. The number of nitriles is 1. The van der Waals surface area contributed by atoms with Gasteiger partial charge in [0.1, 0.15) is 0 Å². The first-order chi connectivity index (χ1) is 8.01. The molecule has 0 heterocycles. The summed E-state index contributed by atoms with van der Waals surface area (Å²) in [7, 11) is 0. The molecule has 0 saturated carbocycles. The molecule has 1 rings (SSSR count). The molecular formula is C14H20N2O. The van der Waals surface area contributed by atoms with Gasteiger partial charge in [0.15, 0.2) is 0 Å². The Kier molecular flexibility index (Phi) is 4.99. The molecule has 0 aliphatic heterocycles. The molecule has 17 heavy (non-hydrogen) atoms. The SMILES string of the molecule is CC(C)(C)OCCNc1ccc(CC#N)cc1. The highest BCUT2D eigenvalue weighted by molar-refractivity contribution is 5.44. The highest BCUT2D eigenvalue weighted by Crippen LogP contribution is 2.10. The van der Waals surface area contributed by atoms with Crippen LogP contribution in [0, 0.1) is 11.3 Å². The lowest BCUT2D eigenvalue weighted by molar-refractivity contribution is 0.00333. The van der Waals surface area contributed by atoms with E-state index < -0.39 is 0 Å². The summed E-state index contributed by atoms with van der Waals surface area (Å²) in [4.78, 5) is 0. The van der Waals surface area contributed by atoms with Gasteiger partial charge in [-0.2, -0.15) is 5.26 Å². The number of benzene rings is 1. The normalized spacial score (nSPS) is 10.9. The molecule has 0 atom stereocenters. The Morgan fingerprint density at radius 1 is 1.24 bits per heavy atom. The standard InChI is InChI=1S/C14H20N2O/c1-14(2,3)17-11-10-16-13-6-4-12(5-7-13)8-9-15/h4-7,16H,8,10-11H2,1-3H3. The molecule has 92 valence electrons. The maximum Gasteiger partial charge on any atom is 0.0669 e. The van der Waals surface area contributed by atoms with Crippen LogP contribution < -0.4 is 5.32 Å². The molecule has 0 aliphatic carbocycles. The highest BCUT2D eigenvalue weighted by Gasteiger charge is 2.08. The van der Waals surface area contributed by atoms with Gasteiger partial charge in [0.2, 0.25) is 0 Å². The fourth-order valence-corrected chi connectivity index (χ4v) is 1.38. The van der Waals surface area contributed by atoms with Crippen molar-refractivity contribution in [1.82, 2.24) is 0 Å². The van der Waals surface area contributed by atoms with Crippen molar-refractivity contribution in [2.45, 2.75) is 32.8 Å². The van der Waals surface area contributed by atoms with Crippen molar-refractivity contribution < 1.29 is 4.74 Å². The second-order valence-electron chi connectivity index (χ2n) is 4.92. The van der Waals surface area contributed by atoms with E-state index in [1.165, 1.54) is 0 Å². The molecular weight excluding hydrogens is 212 g/mol. The molecule has 0 unspecified atom stereocenters. The lowest BCUT2D eigenvalue weighted by Gasteiger charge is -2.19. The summed E-state index contributed by atoms with van der Waals surface area (Å²) < 4.78 is 5.61. The van der Waals surface area contributed by atoms with E-state index in [4.69, 9.17) is 10.00 Å². The summed E-state index contributed by atoms with van der Waals surface area (Å²) >= 11 is 0. The van der Waals surface area contributed by atoms with E-state index in [1.807, 2.05) is 45.0 Å². The first-order valence-corrected chi connectivity index (χ1v) is 5.85. The predicted octanol–water partition coefficient (Wildman–Crippen LogP) is 2.98. The van der Waals surface area contributed by atoms with Gasteiger partial charge in [-0.05, 0) is 38.5 Å². The predicted molar refractivity (Wildman–Crippen MR) is 70.0 cm³/mol. The van der Waals surface area contributed by atoms with E-state index in [1.54, 1.807) is 0 Å². The van der Waals surface area contributed by atoms with E-state index in [0.717, 1.165) is 17.8 Å². The van der Waals surface area contributed by atoms with Gasteiger partial charge in [0.25, 0.3) is 0 Å². The van der Waals surface area contributed by atoms with E-state index in [-0.39, 0.29) is 5.60 Å². The number of nitrogens with zero attached hydrogens (tertiary/aromatic N) is 1. The van der Waals surface area contributed by atoms with Crippen LogP contribution in [0.25, 0.3) is 0 Å². The van der Waals surface area contributed by atoms with Crippen molar-refractivity contribution in [3.63, 3.8) is 0 Å². The minimum Gasteiger partial charge on any atom is -0.383 e. The third kappa shape index (κ3) is 5.94. The zero-order chi connectivity index (χ0) is 12.7. The first-order valence-electron chi connectivity index (χ1n) is 5.85. The van der Waals surface area contributed by atoms with E-state index in [0.29, 0.717) is 13.0 Å². The molecule has 3 heteroatoms. The van der Waals surface area contributed by atoms with Gasteiger partial charge in [-0.1, -0.05) is 12.1 Å². The van der Waals surface area contributed by atoms with Crippen molar-refractivity contribution in [2.75, 3.05) is 18.5 Å². The summed E-state index contributed by atoms with van der Waals surface area (Å²) in [5, 5.41) is 11.8. The molecule has 0 aliphatic rings. The fourth-order valence-electron chi connectivity index (χ4n) is 1.38. The Balaban J connectivity index is 2.30. The number of rotatable bonds is 5. The van der Waals surface area contributed by atoms with Gasteiger partial charge in [0.05, 0.1) is 24.7 Å². The molecule has 0 amide bonds. The Labute approximate surface area is 103 Å². The summed E-state index contributed by atoms with van der Waals surface area (Å²) in [6.07, 6.45) is 0.466. The van der Waals surface area contributed by atoms with Crippen LogP contribution in [0.2, 0.25) is 0 Å². The molecule has 0 fully saturated rings. The zero-order valence-corrected chi connectivity index (χ0v) is 10.8. The van der Waals surface area contributed by atoms with Gasteiger partial charge in [-0.15, -0.1) is 0 Å². The fraction of sp³-hybridized carbons (Fsp3) is 0.500. The zero-order valence-electron chi connectivity index (χ0n) is 10.8. The van der Waals surface area contributed by atoms with E-state index >= 15 is 0 Å². The molecule has 1 aromatic rings. The first kappa shape index (κ1) is 13.5. The number of hydrogen-bond donors (Lipinski definition) is 1. The van der Waals surface area contributed by atoms with Gasteiger partial charge in [-0.25, -0.2) is 0 Å². The second kappa shape index (κ2) is 6.27. The maximum atomic E-state index is 8.56. The van der Waals surface area contributed by atoms with Crippen LogP contribution in [0.5, 0.6) is 0 Å². The van der Waals surface area contributed by atoms with Crippen LogP contribution in [0.3, 0.4) is 0 Å². The summed E-state index contributed by atoms with van der Waals surface area (Å²) in [6, 6.07) is 10.0. The van der Waals surface area contributed by atoms with E-state index in [9.17, 15) is 0 Å². The molecule has 3 nitrogen and oxygen atoms in total. The third-order valence-electron chi connectivity index (χ3n) is 2.20. The topological polar surface area (TPSA) is 45.0 Å². The van der Waals surface area contributed by atoms with Crippen molar-refractivity contribution >= 4 is 5.69 Å². The molecule has 0 radical (unpaired) electrons. The van der Waals surface area contributed by atoms with Gasteiger partial charge in [0, 0.05) is 12.2 Å². The maximum absolute atomic E-state index is 8.56. The number of ether oxygens (including phenoxy) is 1. The second-order valence-corrected chi connectivity index (χ2v) is 4.92. The van der Waals surface area contributed by atoms with Gasteiger partial charge >= 0.3 is 0 Å². The van der Waals surface area contributed by atoms with Gasteiger partial charge < -0.3 is 10.1 Å². The minimum absolute atomic E-state index is 0.0850. The number of nitrogens with one attached hydrogen (secondary N) is 1. The van der Waals surface area contributed by atoms with Gasteiger partial charge in [-0.3, -0.25) is 0 Å². The summed E-state index contributed by atoms with van der Waals surface area (Å²) in [5.74, 6) is 0. The molecule has 0 spiro atoms. The smallest absolute Gasteiger partial charge is 0.0669 e. The van der Waals surface area contributed by atoms with Crippen molar-refractivity contribution in [3.8, 4) is 6.07 Å². The Morgan fingerprint density at radius 2 is 1.88 bits per heavy atom. The quantitative estimate of drug-likeness (QED) is 0.794. The van der Waals surface area contributed by atoms with Crippen molar-refractivity contribution in [3.05, 3.63) is 29.8 Å². The largest absolute Gasteiger partial charge is 0.383 e. The molecule has 0 saturated heterocycles. The minimum atomic E-state index is -0.0850. The molecule has 1 N–H and O–H groups in total. The Bertz CT molecular complexity index is 371. The van der Waals surface area contributed by atoms with Crippen LogP contribution in [0.15, 0.2) is 24.3 Å². The molecule has 1 aromatic carbocycles. The van der Waals surface area contributed by atoms with Crippen LogP contribution in [-0.2, 0) is 11.2 Å². The summed E-state index contributed by atoms with van der Waals surface area (Å²) in [5.41, 5.74) is 2.02. The van der Waals surface area contributed by atoms with Crippen LogP contribution in [0.4, 0.5) is 5.69 Å². The van der Waals surface area contributed by atoms with Crippen LogP contribution in [0.1, 0.15) is 26.3 Å². The molecule has 0 aromatic heterocycles.